The molecule has 0 aliphatic rings. The Labute approximate surface area is 275 Å². The second kappa shape index (κ2) is 13.5. The van der Waals surface area contributed by atoms with Crippen molar-refractivity contribution in [2.45, 2.75) is 48.3 Å². The molecule has 3 aromatic rings. The SMILES string of the molecule is O=C(Oc1ccc(OC(=O)c2ccc(OC(F)(F)C(F)(F)C(F)(F)C(F)(F)F)cc2)cc1)c1ccc(OC(F)(F)C(F)(F)C(F)(F)C(F)(F)F)cc1. The van der Waals surface area contributed by atoms with E-state index in [9.17, 15) is 88.6 Å². The van der Waals surface area contributed by atoms with Crippen LogP contribution in [0.3, 0.4) is 0 Å². The van der Waals surface area contributed by atoms with Gasteiger partial charge in [0.1, 0.15) is 23.0 Å². The second-order valence-corrected chi connectivity index (χ2v) is 9.83. The first-order valence-corrected chi connectivity index (χ1v) is 12.9. The van der Waals surface area contributed by atoms with Crippen molar-refractivity contribution in [3.63, 3.8) is 0 Å². The van der Waals surface area contributed by atoms with Crippen LogP contribution in [0.4, 0.5) is 79.0 Å². The van der Waals surface area contributed by atoms with Crippen LogP contribution >= 0.6 is 0 Å². The highest BCUT2D eigenvalue weighted by Crippen LogP contribution is 2.54. The summed E-state index contributed by atoms with van der Waals surface area (Å²) in [4.78, 5) is 24.6. The molecular formula is C28H12F18O6. The Morgan fingerprint density at radius 1 is 0.346 bits per heavy atom. The van der Waals surface area contributed by atoms with Crippen LogP contribution < -0.4 is 18.9 Å². The molecular weight excluding hydrogens is 774 g/mol. The van der Waals surface area contributed by atoms with Crippen molar-refractivity contribution >= 4 is 11.9 Å². The number of esters is 2. The minimum atomic E-state index is -7.21. The van der Waals surface area contributed by atoms with Crippen LogP contribution in [0.1, 0.15) is 20.7 Å². The first kappa shape index (κ1) is 41.4. The van der Waals surface area contributed by atoms with Crippen molar-refractivity contribution in [3.8, 4) is 23.0 Å². The summed E-state index contributed by atoms with van der Waals surface area (Å²) >= 11 is 0. The van der Waals surface area contributed by atoms with Crippen molar-refractivity contribution in [2.24, 2.45) is 0 Å². The minimum absolute atomic E-state index is 0.320. The highest BCUT2D eigenvalue weighted by atomic mass is 19.4. The van der Waals surface area contributed by atoms with Crippen LogP contribution in [0.5, 0.6) is 23.0 Å². The summed E-state index contributed by atoms with van der Waals surface area (Å²) in [5.41, 5.74) is -1.08. The topological polar surface area (TPSA) is 71.1 Å². The van der Waals surface area contributed by atoms with E-state index in [1.165, 1.54) is 0 Å². The average Bonchev–Trinajstić information content (AvgIpc) is 3.00. The summed E-state index contributed by atoms with van der Waals surface area (Å²) in [6.45, 7) is 0. The van der Waals surface area contributed by atoms with E-state index < -0.39 is 82.8 Å². The van der Waals surface area contributed by atoms with Crippen molar-refractivity contribution in [2.75, 3.05) is 0 Å². The zero-order valence-corrected chi connectivity index (χ0v) is 24.2. The summed E-state index contributed by atoms with van der Waals surface area (Å²) in [6, 6.07) is 7.34. The van der Waals surface area contributed by atoms with Crippen molar-refractivity contribution < 1.29 is 108 Å². The largest absolute Gasteiger partial charge is 0.471 e. The second-order valence-electron chi connectivity index (χ2n) is 9.83. The standard InChI is InChI=1S/C28H12F18O6/c29-21(30,25(37,38)39)23(33,34)27(43,44)51-17-5-1-13(2-6-17)19(47)49-15-9-11-16(12-10-15)50-20(48)14-3-7-18(8-4-14)52-28(45,46)24(35,36)22(31,32)26(40,41)42/h1-12H. The smallest absolute Gasteiger partial charge is 0.428 e. The van der Waals surface area contributed by atoms with E-state index >= 15 is 0 Å². The van der Waals surface area contributed by atoms with Crippen LogP contribution in [0.2, 0.25) is 0 Å². The Morgan fingerprint density at radius 2 is 0.577 bits per heavy atom. The van der Waals surface area contributed by atoms with E-state index in [2.05, 4.69) is 9.47 Å². The highest BCUT2D eigenvalue weighted by Gasteiger charge is 2.84. The van der Waals surface area contributed by atoms with Gasteiger partial charge in [-0.15, -0.1) is 0 Å². The van der Waals surface area contributed by atoms with Gasteiger partial charge in [-0.05, 0) is 72.8 Å². The monoisotopic (exact) mass is 786 g/mol. The molecule has 0 aliphatic heterocycles. The molecule has 0 atom stereocenters. The van der Waals surface area contributed by atoms with Crippen LogP contribution in [0.15, 0.2) is 72.8 Å². The van der Waals surface area contributed by atoms with E-state index in [4.69, 9.17) is 9.47 Å². The van der Waals surface area contributed by atoms with E-state index in [1.54, 1.807) is 0 Å². The van der Waals surface area contributed by atoms with Gasteiger partial charge in [0.25, 0.3) is 0 Å². The number of benzene rings is 3. The van der Waals surface area contributed by atoms with E-state index in [-0.39, 0.29) is 11.5 Å². The molecule has 0 saturated heterocycles. The molecule has 0 spiro atoms. The van der Waals surface area contributed by atoms with E-state index in [0.29, 0.717) is 48.5 Å². The maximum atomic E-state index is 13.7. The maximum absolute atomic E-state index is 13.7. The first-order chi connectivity index (χ1) is 23.4. The number of hydrogen-bond donors (Lipinski definition) is 0. The summed E-state index contributed by atoms with van der Waals surface area (Å²) in [7, 11) is 0. The number of rotatable bonds is 12. The fraction of sp³-hybridized carbons (Fsp3) is 0.286. The quantitative estimate of drug-likeness (QED) is 0.104. The van der Waals surface area contributed by atoms with Crippen molar-refractivity contribution in [3.05, 3.63) is 83.9 Å². The lowest BCUT2D eigenvalue weighted by Crippen LogP contribution is -2.62. The van der Waals surface area contributed by atoms with E-state index in [1.807, 2.05) is 0 Å². The molecule has 0 unspecified atom stereocenters. The van der Waals surface area contributed by atoms with Gasteiger partial charge in [-0.1, -0.05) is 0 Å². The maximum Gasteiger partial charge on any atom is 0.471 e. The molecule has 0 fully saturated rings. The Kier molecular flexibility index (Phi) is 10.7. The number of carbonyl (C=O) groups is 2. The molecule has 0 saturated carbocycles. The molecule has 286 valence electrons. The molecule has 3 rings (SSSR count). The van der Waals surface area contributed by atoms with Gasteiger partial charge in [0.15, 0.2) is 0 Å². The van der Waals surface area contributed by atoms with Crippen LogP contribution in [0.25, 0.3) is 0 Å². The van der Waals surface area contributed by atoms with Crippen LogP contribution in [-0.4, -0.2) is 60.2 Å². The third kappa shape index (κ3) is 7.88. The highest BCUT2D eigenvalue weighted by molar-refractivity contribution is 5.92. The summed E-state index contributed by atoms with van der Waals surface area (Å²) in [6.07, 6.45) is -27.0. The molecule has 0 aromatic heterocycles. The predicted octanol–water partition coefficient (Wildman–Crippen LogP) is 9.73. The molecule has 52 heavy (non-hydrogen) atoms. The first-order valence-electron chi connectivity index (χ1n) is 12.9. The molecule has 0 radical (unpaired) electrons. The molecule has 3 aromatic carbocycles. The lowest BCUT2D eigenvalue weighted by Gasteiger charge is -2.33. The van der Waals surface area contributed by atoms with Gasteiger partial charge in [-0.25, -0.2) is 9.59 Å². The minimum Gasteiger partial charge on any atom is -0.428 e. The number of alkyl halides is 18. The van der Waals surface area contributed by atoms with Gasteiger partial charge in [-0.2, -0.15) is 79.0 Å². The molecule has 0 amide bonds. The predicted molar refractivity (Wildman–Crippen MR) is 132 cm³/mol. The molecule has 6 nitrogen and oxygen atoms in total. The lowest BCUT2D eigenvalue weighted by molar-refractivity contribution is -0.428. The number of ether oxygens (including phenoxy) is 4. The van der Waals surface area contributed by atoms with Crippen LogP contribution in [0, 0.1) is 0 Å². The number of halogens is 18. The summed E-state index contributed by atoms with van der Waals surface area (Å²) in [5, 5.41) is 0. The number of hydrogen-bond acceptors (Lipinski definition) is 6. The fourth-order valence-electron chi connectivity index (χ4n) is 3.37. The lowest BCUT2D eigenvalue weighted by atomic mass is 10.1. The normalized spacial score (nSPS) is 13.7. The van der Waals surface area contributed by atoms with Crippen molar-refractivity contribution in [1.82, 2.24) is 0 Å². The van der Waals surface area contributed by atoms with Gasteiger partial charge < -0.3 is 18.9 Å². The Hall–Kier alpha value is -5.06. The summed E-state index contributed by atoms with van der Waals surface area (Å²) < 4.78 is 250. The Bertz CT molecular complexity index is 1600. The zero-order chi connectivity index (χ0) is 39.9. The van der Waals surface area contributed by atoms with Gasteiger partial charge in [0.05, 0.1) is 11.1 Å². The van der Waals surface area contributed by atoms with Crippen molar-refractivity contribution in [1.29, 1.82) is 0 Å². The molecule has 24 heteroatoms. The molecule has 0 heterocycles. The molecule has 0 N–H and O–H groups in total. The Morgan fingerprint density at radius 3 is 0.808 bits per heavy atom. The molecule has 0 bridgehead atoms. The zero-order valence-electron chi connectivity index (χ0n) is 24.2. The Balaban J connectivity index is 1.61. The molecule has 0 aliphatic carbocycles. The van der Waals surface area contributed by atoms with Gasteiger partial charge in [0.2, 0.25) is 0 Å². The van der Waals surface area contributed by atoms with E-state index in [0.717, 1.165) is 24.3 Å². The van der Waals surface area contributed by atoms with Gasteiger partial charge >= 0.3 is 60.2 Å². The van der Waals surface area contributed by atoms with Gasteiger partial charge in [0, 0.05) is 0 Å². The fourth-order valence-corrected chi connectivity index (χ4v) is 3.37. The average molecular weight is 786 g/mol. The number of carbonyl (C=O) groups excluding carboxylic acids is 2. The van der Waals surface area contributed by atoms with Gasteiger partial charge in [-0.3, -0.25) is 0 Å². The summed E-state index contributed by atoms with van der Waals surface area (Å²) in [5.74, 6) is -34.6. The third-order valence-corrected chi connectivity index (χ3v) is 6.15. The van der Waals surface area contributed by atoms with Crippen LogP contribution in [-0.2, 0) is 0 Å². The third-order valence-electron chi connectivity index (χ3n) is 6.15.